The van der Waals surface area contributed by atoms with Crippen LogP contribution in [0.15, 0.2) is 43.8 Å². The Morgan fingerprint density at radius 2 is 0.700 bits per heavy atom. The summed E-state index contributed by atoms with van der Waals surface area (Å²) in [6.07, 6.45) is 0. The molecule has 2 aromatic rings. The first-order valence-corrected chi connectivity index (χ1v) is 14.7. The van der Waals surface area contributed by atoms with E-state index < -0.39 is 71.2 Å². The summed E-state index contributed by atoms with van der Waals surface area (Å²) in [5, 5.41) is 0. The lowest BCUT2D eigenvalue weighted by Gasteiger charge is -2.15. The first kappa shape index (κ1) is 25.8. The highest BCUT2D eigenvalue weighted by Gasteiger charge is 2.30. The highest BCUT2D eigenvalue weighted by molar-refractivity contribution is 14.1. The monoisotopic (exact) mass is 726 g/mol. The lowest BCUT2D eigenvalue weighted by atomic mass is 10.1. The maximum Gasteiger partial charge on any atom is 0.295 e. The summed E-state index contributed by atoms with van der Waals surface area (Å²) in [5.41, 5.74) is -1.78. The quantitative estimate of drug-likeness (QED) is 0.255. The van der Waals surface area contributed by atoms with Crippen LogP contribution in [0.5, 0.6) is 0 Å². The van der Waals surface area contributed by atoms with E-state index in [1.165, 1.54) is 45.2 Å². The van der Waals surface area contributed by atoms with Crippen molar-refractivity contribution in [1.82, 2.24) is 0 Å². The van der Waals surface area contributed by atoms with Crippen molar-refractivity contribution in [3.8, 4) is 11.1 Å². The van der Waals surface area contributed by atoms with Gasteiger partial charge in [-0.05, 0) is 69.4 Å². The first-order chi connectivity index (χ1) is 13.2. The minimum Gasteiger partial charge on any atom is -0.282 e. The van der Waals surface area contributed by atoms with Crippen LogP contribution in [0.2, 0.25) is 0 Å². The van der Waals surface area contributed by atoms with Crippen LogP contribution in [0.1, 0.15) is 0 Å². The van der Waals surface area contributed by atoms with Crippen LogP contribution >= 0.6 is 45.2 Å². The van der Waals surface area contributed by atoms with Crippen molar-refractivity contribution in [3.05, 3.63) is 31.4 Å². The van der Waals surface area contributed by atoms with Gasteiger partial charge in [0.05, 0.1) is 0 Å². The van der Waals surface area contributed by atoms with Crippen LogP contribution in [-0.2, 0) is 40.5 Å². The third-order valence-corrected chi connectivity index (χ3v) is 9.56. The Morgan fingerprint density at radius 1 is 0.467 bits per heavy atom. The molecule has 4 N–H and O–H groups in total. The van der Waals surface area contributed by atoms with Gasteiger partial charge in [0.1, 0.15) is 19.6 Å². The Bertz CT molecular complexity index is 1380. The van der Waals surface area contributed by atoms with Gasteiger partial charge in [-0.25, -0.2) is 0 Å². The van der Waals surface area contributed by atoms with Gasteiger partial charge < -0.3 is 0 Å². The summed E-state index contributed by atoms with van der Waals surface area (Å²) < 4.78 is 131. The zero-order chi connectivity index (χ0) is 23.4. The van der Waals surface area contributed by atoms with Gasteiger partial charge >= 0.3 is 0 Å². The molecule has 0 aliphatic rings. The Balaban J connectivity index is 3.24. The normalized spacial score (nSPS) is 13.4. The summed E-state index contributed by atoms with van der Waals surface area (Å²) in [7, 11) is -20.3. The highest BCUT2D eigenvalue weighted by Crippen LogP contribution is 2.38. The Labute approximate surface area is 198 Å². The van der Waals surface area contributed by atoms with Crippen LogP contribution < -0.4 is 0 Å². The van der Waals surface area contributed by atoms with E-state index in [-0.39, 0.29) is 7.14 Å². The first-order valence-electron chi connectivity index (χ1n) is 6.82. The smallest absolute Gasteiger partial charge is 0.282 e. The number of hydrogen-bond acceptors (Lipinski definition) is 8. The van der Waals surface area contributed by atoms with E-state index in [0.717, 1.165) is 0 Å². The summed E-state index contributed by atoms with van der Waals surface area (Å²) in [4.78, 5) is -3.93. The number of benzene rings is 2. The molecule has 0 fully saturated rings. The molecular weight excluding hydrogens is 718 g/mol. The third kappa shape index (κ3) is 5.47. The molecule has 0 aliphatic carbocycles. The maximum atomic E-state index is 11.8. The van der Waals surface area contributed by atoms with E-state index in [1.54, 1.807) is 0 Å². The van der Waals surface area contributed by atoms with E-state index in [1.807, 2.05) is 0 Å². The van der Waals surface area contributed by atoms with Crippen molar-refractivity contribution >= 4 is 85.7 Å². The maximum absolute atomic E-state index is 11.8. The van der Waals surface area contributed by atoms with Gasteiger partial charge in [0.25, 0.3) is 40.5 Å². The molecule has 18 heteroatoms. The van der Waals surface area contributed by atoms with Gasteiger partial charge in [-0.1, -0.05) is 0 Å². The molecule has 0 atom stereocenters. The fourth-order valence-electron chi connectivity index (χ4n) is 2.31. The minimum atomic E-state index is -5.16. The van der Waals surface area contributed by atoms with Crippen molar-refractivity contribution in [3.63, 3.8) is 0 Å². The lowest BCUT2D eigenvalue weighted by molar-refractivity contribution is 0.477. The molecule has 0 radical (unpaired) electrons. The highest BCUT2D eigenvalue weighted by atomic mass is 127. The molecule has 0 aromatic heterocycles. The summed E-state index contributed by atoms with van der Waals surface area (Å²) in [5.74, 6) is 0. The number of hydrogen-bond donors (Lipinski definition) is 4. The Kier molecular flexibility index (Phi) is 7.01. The number of rotatable bonds is 5. The zero-order valence-corrected chi connectivity index (χ0v) is 21.3. The molecule has 0 saturated heterocycles. The minimum absolute atomic E-state index is 0.389. The molecule has 166 valence electrons. The molecule has 0 saturated carbocycles. The van der Waals surface area contributed by atoms with Gasteiger partial charge in [0.15, 0.2) is 0 Å². The van der Waals surface area contributed by atoms with Crippen LogP contribution in [0.3, 0.4) is 0 Å². The molecule has 2 aromatic carbocycles. The van der Waals surface area contributed by atoms with E-state index in [9.17, 15) is 51.9 Å². The summed E-state index contributed by atoms with van der Waals surface area (Å²) in [6.45, 7) is 0. The van der Waals surface area contributed by atoms with E-state index in [2.05, 4.69) is 0 Å². The molecule has 0 spiro atoms. The predicted molar refractivity (Wildman–Crippen MR) is 117 cm³/mol. The lowest BCUT2D eigenvalue weighted by Crippen LogP contribution is -2.11. The van der Waals surface area contributed by atoms with E-state index in [0.29, 0.717) is 24.3 Å². The van der Waals surface area contributed by atoms with Crippen LogP contribution in [0, 0.1) is 7.14 Å². The van der Waals surface area contributed by atoms with Crippen molar-refractivity contribution < 1.29 is 51.9 Å². The Hall–Kier alpha value is -0.460. The van der Waals surface area contributed by atoms with Gasteiger partial charge in [0.2, 0.25) is 0 Å². The van der Waals surface area contributed by atoms with Crippen molar-refractivity contribution in [2.45, 2.75) is 19.6 Å². The molecule has 0 aliphatic heterocycles. The second-order valence-corrected chi connectivity index (χ2v) is 13.3. The van der Waals surface area contributed by atoms with Crippen LogP contribution in [0.25, 0.3) is 11.1 Å². The Morgan fingerprint density at radius 3 is 0.900 bits per heavy atom. The fourth-order valence-corrected chi connectivity index (χ4v) is 7.91. The molecule has 0 heterocycles. The summed E-state index contributed by atoms with van der Waals surface area (Å²) in [6, 6.07) is 2.08. The molecular formula is C12H8I2O12S4. The van der Waals surface area contributed by atoms with Crippen LogP contribution in [-0.4, -0.2) is 51.9 Å². The third-order valence-electron chi connectivity index (χ3n) is 3.47. The van der Waals surface area contributed by atoms with Crippen molar-refractivity contribution in [2.75, 3.05) is 0 Å². The van der Waals surface area contributed by atoms with E-state index in [4.69, 9.17) is 0 Å². The van der Waals surface area contributed by atoms with Gasteiger partial charge in [-0.3, -0.25) is 18.2 Å². The van der Waals surface area contributed by atoms with Gasteiger partial charge in [0, 0.05) is 18.3 Å². The second-order valence-electron chi connectivity index (χ2n) is 5.46. The van der Waals surface area contributed by atoms with Crippen molar-refractivity contribution in [2.24, 2.45) is 0 Å². The van der Waals surface area contributed by atoms with Gasteiger partial charge in [-0.2, -0.15) is 33.7 Å². The zero-order valence-electron chi connectivity index (χ0n) is 13.8. The summed E-state index contributed by atoms with van der Waals surface area (Å²) >= 11 is 2.64. The molecule has 30 heavy (non-hydrogen) atoms. The van der Waals surface area contributed by atoms with Crippen molar-refractivity contribution in [1.29, 1.82) is 0 Å². The molecule has 2 rings (SSSR count). The second kappa shape index (κ2) is 8.15. The fraction of sp³-hybridized carbons (Fsp3) is 0. The van der Waals surface area contributed by atoms with Crippen LogP contribution in [0.4, 0.5) is 0 Å². The largest absolute Gasteiger partial charge is 0.295 e. The standard InChI is InChI=1S/C12H8I2O12S4/c13-7-3-9(27(15,16)17)5(1-11(7)29(21,22)23)6-2-12(30(24,25)26)8(14)4-10(6)28(18,19)20/h1-4H,(H,15,16,17)(H,18,19,20)(H,21,22,23)(H,24,25,26). The average molecular weight is 726 g/mol. The van der Waals surface area contributed by atoms with Gasteiger partial charge in [-0.15, -0.1) is 0 Å². The van der Waals surface area contributed by atoms with E-state index >= 15 is 0 Å². The average Bonchev–Trinajstić information content (AvgIpc) is 2.50. The predicted octanol–water partition coefficient (Wildman–Crippen LogP) is 1.55. The molecule has 0 amide bonds. The molecule has 0 bridgehead atoms. The topological polar surface area (TPSA) is 217 Å². The SMILES string of the molecule is O=S(=O)(O)c1cc(-c2cc(S(=O)(=O)O)c(I)cc2S(=O)(=O)O)c(S(=O)(=O)O)cc1I. The molecule has 0 unspecified atom stereocenters. The number of halogens is 2. The molecule has 12 nitrogen and oxygen atoms in total.